The molecule has 1 aliphatic heterocycles. The average Bonchev–Trinajstić information content (AvgIpc) is 3.04. The lowest BCUT2D eigenvalue weighted by Gasteiger charge is -2.18. The summed E-state index contributed by atoms with van der Waals surface area (Å²) >= 11 is 0. The van der Waals surface area contributed by atoms with Crippen molar-refractivity contribution in [1.29, 1.82) is 0 Å². The Hall–Kier alpha value is -2.15. The van der Waals surface area contributed by atoms with Crippen LogP contribution in [-0.2, 0) is 7.05 Å². The normalized spacial score (nSPS) is 18.4. The van der Waals surface area contributed by atoms with Crippen LogP contribution in [0.3, 0.4) is 0 Å². The van der Waals surface area contributed by atoms with Gasteiger partial charge in [0.05, 0.1) is 5.69 Å². The number of likely N-dealkylation sites (N-methyl/N-ethyl adjacent to an activating group) is 1. The first-order chi connectivity index (χ1) is 10.1. The van der Waals surface area contributed by atoms with Crippen molar-refractivity contribution in [3.8, 4) is 11.4 Å². The van der Waals surface area contributed by atoms with Crippen LogP contribution in [0.5, 0.6) is 0 Å². The molecule has 3 rings (SSSR count). The molecule has 0 amide bonds. The molecule has 3 heterocycles. The molecule has 2 aromatic heterocycles. The van der Waals surface area contributed by atoms with Crippen molar-refractivity contribution in [3.05, 3.63) is 17.8 Å². The van der Waals surface area contributed by atoms with Gasteiger partial charge in [-0.25, -0.2) is 4.98 Å². The minimum atomic E-state index is 0.292. The van der Waals surface area contributed by atoms with Gasteiger partial charge in [-0.2, -0.15) is 10.1 Å². The highest BCUT2D eigenvalue weighted by atomic mass is 15.3. The summed E-state index contributed by atoms with van der Waals surface area (Å²) in [6.07, 6.45) is 3.08. The van der Waals surface area contributed by atoms with E-state index in [0.29, 0.717) is 12.0 Å². The van der Waals surface area contributed by atoms with E-state index in [1.807, 2.05) is 33.3 Å². The Morgan fingerprint density at radius 3 is 2.81 bits per heavy atom. The fourth-order valence-corrected chi connectivity index (χ4v) is 2.80. The van der Waals surface area contributed by atoms with Gasteiger partial charge < -0.3 is 16.0 Å². The Bertz CT molecular complexity index is 649. The van der Waals surface area contributed by atoms with Crippen molar-refractivity contribution in [2.75, 3.05) is 30.8 Å². The van der Waals surface area contributed by atoms with Crippen LogP contribution in [0, 0.1) is 6.92 Å². The fraction of sp³-hybridized carbons (Fsp3) is 0.500. The monoisotopic (exact) mass is 287 g/mol. The summed E-state index contributed by atoms with van der Waals surface area (Å²) in [5.41, 5.74) is 8.61. The van der Waals surface area contributed by atoms with Gasteiger partial charge >= 0.3 is 0 Å². The zero-order valence-corrected chi connectivity index (χ0v) is 12.7. The Morgan fingerprint density at radius 2 is 2.19 bits per heavy atom. The summed E-state index contributed by atoms with van der Waals surface area (Å²) in [7, 11) is 3.89. The molecule has 0 spiro atoms. The first-order valence-corrected chi connectivity index (χ1v) is 7.14. The highest BCUT2D eigenvalue weighted by molar-refractivity contribution is 5.64. The van der Waals surface area contributed by atoms with Crippen LogP contribution < -0.4 is 16.0 Å². The summed E-state index contributed by atoms with van der Waals surface area (Å²) in [5, 5.41) is 7.77. The number of aromatic nitrogens is 4. The molecular weight excluding hydrogens is 266 g/mol. The molecule has 21 heavy (non-hydrogen) atoms. The lowest BCUT2D eigenvalue weighted by Crippen LogP contribution is -2.30. The molecule has 1 atom stereocenters. The molecule has 0 radical (unpaired) electrons. The minimum Gasteiger partial charge on any atom is -0.368 e. The summed E-state index contributed by atoms with van der Waals surface area (Å²) in [4.78, 5) is 11.0. The van der Waals surface area contributed by atoms with Gasteiger partial charge in [-0.05, 0) is 26.0 Å². The van der Waals surface area contributed by atoms with Crippen molar-refractivity contribution in [3.63, 3.8) is 0 Å². The van der Waals surface area contributed by atoms with Gasteiger partial charge in [0.1, 0.15) is 11.5 Å². The first kappa shape index (κ1) is 13.8. The second kappa shape index (κ2) is 5.33. The van der Waals surface area contributed by atoms with Crippen LogP contribution in [0.1, 0.15) is 12.0 Å². The van der Waals surface area contributed by atoms with E-state index in [1.54, 1.807) is 4.68 Å². The number of nitrogens with zero attached hydrogens (tertiary/aromatic N) is 5. The van der Waals surface area contributed by atoms with E-state index in [0.717, 1.165) is 42.3 Å². The molecule has 7 heteroatoms. The van der Waals surface area contributed by atoms with Gasteiger partial charge in [0.15, 0.2) is 0 Å². The third kappa shape index (κ3) is 2.69. The number of nitrogens with two attached hydrogens (primary N) is 1. The number of rotatable bonds is 3. The molecule has 3 N–H and O–H groups in total. The zero-order valence-electron chi connectivity index (χ0n) is 12.7. The van der Waals surface area contributed by atoms with Gasteiger partial charge in [0.25, 0.3) is 0 Å². The fourth-order valence-electron chi connectivity index (χ4n) is 2.80. The second-order valence-corrected chi connectivity index (χ2v) is 5.52. The van der Waals surface area contributed by atoms with E-state index in [4.69, 9.17) is 5.73 Å². The lowest BCUT2D eigenvalue weighted by atomic mass is 10.2. The molecule has 0 bridgehead atoms. The van der Waals surface area contributed by atoms with Crippen LogP contribution in [0.4, 0.5) is 11.8 Å². The number of nitrogens with one attached hydrogen (secondary N) is 1. The molecular formula is C14H21N7. The van der Waals surface area contributed by atoms with Crippen LogP contribution in [0.15, 0.2) is 12.3 Å². The molecule has 1 saturated heterocycles. The van der Waals surface area contributed by atoms with E-state index >= 15 is 0 Å². The molecule has 2 aromatic rings. The maximum absolute atomic E-state index is 5.89. The van der Waals surface area contributed by atoms with E-state index in [2.05, 4.69) is 25.3 Å². The Balaban J connectivity index is 1.95. The molecule has 112 valence electrons. The largest absolute Gasteiger partial charge is 0.368 e. The van der Waals surface area contributed by atoms with E-state index in [9.17, 15) is 0 Å². The van der Waals surface area contributed by atoms with Crippen LogP contribution in [0.2, 0.25) is 0 Å². The Kier molecular flexibility index (Phi) is 3.50. The maximum Gasteiger partial charge on any atom is 0.222 e. The number of aryl methyl sites for hydroxylation is 2. The predicted molar refractivity (Wildman–Crippen MR) is 83.1 cm³/mol. The van der Waals surface area contributed by atoms with Crippen molar-refractivity contribution in [1.82, 2.24) is 25.1 Å². The number of hydrogen-bond acceptors (Lipinski definition) is 6. The number of nitrogen functional groups attached to an aromatic ring is 1. The molecule has 0 unspecified atom stereocenters. The Labute approximate surface area is 124 Å². The standard InChI is InChI=1S/C14H21N7/c1-9-7-20(3)19-13(9)11-6-12(18-14(15)17-11)21-5-4-10(8-21)16-2/h6-7,10,16H,4-5,8H2,1-3H3,(H2,15,17,18)/t10-/m1/s1. The molecule has 0 saturated carbocycles. The lowest BCUT2D eigenvalue weighted by molar-refractivity contribution is 0.616. The second-order valence-electron chi connectivity index (χ2n) is 5.52. The molecule has 7 nitrogen and oxygen atoms in total. The zero-order chi connectivity index (χ0) is 15.0. The minimum absolute atomic E-state index is 0.292. The van der Waals surface area contributed by atoms with Gasteiger partial charge in [-0.1, -0.05) is 0 Å². The van der Waals surface area contributed by atoms with E-state index in [1.165, 1.54) is 0 Å². The van der Waals surface area contributed by atoms with Crippen LogP contribution >= 0.6 is 0 Å². The topological polar surface area (TPSA) is 84.9 Å². The van der Waals surface area contributed by atoms with Gasteiger partial charge in [-0.3, -0.25) is 4.68 Å². The van der Waals surface area contributed by atoms with Crippen LogP contribution in [-0.4, -0.2) is 45.9 Å². The van der Waals surface area contributed by atoms with Gasteiger partial charge in [0.2, 0.25) is 5.95 Å². The van der Waals surface area contributed by atoms with Gasteiger partial charge in [-0.15, -0.1) is 0 Å². The number of hydrogen-bond donors (Lipinski definition) is 2. The molecule has 1 aliphatic rings. The van der Waals surface area contributed by atoms with Crippen LogP contribution in [0.25, 0.3) is 11.4 Å². The summed E-state index contributed by atoms with van der Waals surface area (Å²) in [6, 6.07) is 2.48. The molecule has 0 aliphatic carbocycles. The van der Waals surface area contributed by atoms with E-state index in [-0.39, 0.29) is 0 Å². The Morgan fingerprint density at radius 1 is 1.38 bits per heavy atom. The van der Waals surface area contributed by atoms with Crippen molar-refractivity contribution < 1.29 is 0 Å². The first-order valence-electron chi connectivity index (χ1n) is 7.14. The molecule has 1 fully saturated rings. The SMILES string of the molecule is CN[C@@H]1CCN(c2cc(-c3nn(C)cc3C)nc(N)n2)C1. The van der Waals surface area contributed by atoms with E-state index < -0.39 is 0 Å². The smallest absolute Gasteiger partial charge is 0.222 e. The summed E-state index contributed by atoms with van der Waals surface area (Å²) in [5.74, 6) is 1.17. The maximum atomic E-state index is 5.89. The predicted octanol–water partition coefficient (Wildman–Crippen LogP) is 0.566. The summed E-state index contributed by atoms with van der Waals surface area (Å²) in [6.45, 7) is 3.93. The van der Waals surface area contributed by atoms with Crippen molar-refractivity contribution in [2.24, 2.45) is 7.05 Å². The third-order valence-corrected chi connectivity index (χ3v) is 3.90. The quantitative estimate of drug-likeness (QED) is 0.858. The highest BCUT2D eigenvalue weighted by Crippen LogP contribution is 2.25. The average molecular weight is 287 g/mol. The van der Waals surface area contributed by atoms with Crippen molar-refractivity contribution >= 4 is 11.8 Å². The third-order valence-electron chi connectivity index (χ3n) is 3.90. The summed E-state index contributed by atoms with van der Waals surface area (Å²) < 4.78 is 1.79. The highest BCUT2D eigenvalue weighted by Gasteiger charge is 2.23. The van der Waals surface area contributed by atoms with Gasteiger partial charge in [0, 0.05) is 38.4 Å². The van der Waals surface area contributed by atoms with Crippen molar-refractivity contribution in [2.45, 2.75) is 19.4 Å². The number of anilines is 2. The molecule has 0 aromatic carbocycles.